The molecule has 0 spiro atoms. The second-order valence-electron chi connectivity index (χ2n) is 3.27. The Morgan fingerprint density at radius 1 is 1.29 bits per heavy atom. The highest BCUT2D eigenvalue weighted by Gasteiger charge is 2.11. The third kappa shape index (κ3) is 2.32. The number of hydrogen-bond donors (Lipinski definition) is 1. The van der Waals surface area contributed by atoms with E-state index in [1.54, 1.807) is 10.9 Å². The molecule has 17 heavy (non-hydrogen) atoms. The molecule has 2 rings (SSSR count). The zero-order valence-electron chi connectivity index (χ0n) is 9.79. The van der Waals surface area contributed by atoms with Crippen molar-refractivity contribution in [3.05, 3.63) is 12.3 Å². The molecule has 90 valence electrons. The van der Waals surface area contributed by atoms with Crippen molar-refractivity contribution >= 4 is 5.95 Å². The van der Waals surface area contributed by atoms with Crippen molar-refractivity contribution in [1.29, 1.82) is 0 Å². The van der Waals surface area contributed by atoms with E-state index in [2.05, 4.69) is 20.1 Å². The number of hydrogen-bond acceptors (Lipinski definition) is 6. The van der Waals surface area contributed by atoms with Crippen molar-refractivity contribution in [2.45, 2.75) is 20.4 Å². The van der Waals surface area contributed by atoms with Crippen LogP contribution in [0.1, 0.15) is 13.8 Å². The van der Waals surface area contributed by atoms with Crippen LogP contribution in [0.25, 0.3) is 11.5 Å². The predicted octanol–water partition coefficient (Wildman–Crippen LogP) is 0.736. The summed E-state index contributed by atoms with van der Waals surface area (Å²) in [7, 11) is 0. The SMILES string of the molecule is CCOc1nc(N)nc(-c2ccnn2CC)n1. The Balaban J connectivity index is 2.44. The third-order valence-corrected chi connectivity index (χ3v) is 2.15. The molecule has 7 nitrogen and oxygen atoms in total. The lowest BCUT2D eigenvalue weighted by Gasteiger charge is -2.06. The van der Waals surface area contributed by atoms with Crippen LogP contribution in [0.3, 0.4) is 0 Å². The molecule has 0 saturated heterocycles. The summed E-state index contributed by atoms with van der Waals surface area (Å²) in [6.07, 6.45) is 1.69. The molecule has 2 aromatic rings. The standard InChI is InChI=1S/C10H14N6O/c1-3-16-7(5-6-12-16)8-13-9(11)15-10(14-8)17-4-2/h5-6H,3-4H2,1-2H3,(H2,11,13,14,15). The first kappa shape index (κ1) is 11.3. The highest BCUT2D eigenvalue weighted by Crippen LogP contribution is 2.17. The van der Waals surface area contributed by atoms with E-state index >= 15 is 0 Å². The van der Waals surface area contributed by atoms with E-state index < -0.39 is 0 Å². The molecule has 0 aliphatic carbocycles. The molecule has 2 heterocycles. The van der Waals surface area contributed by atoms with Gasteiger partial charge in [0.25, 0.3) is 0 Å². The topological polar surface area (TPSA) is 91.7 Å². The van der Waals surface area contributed by atoms with Gasteiger partial charge in [0.05, 0.1) is 6.61 Å². The van der Waals surface area contributed by atoms with Crippen LogP contribution in [0, 0.1) is 0 Å². The lowest BCUT2D eigenvalue weighted by molar-refractivity contribution is 0.312. The maximum absolute atomic E-state index is 5.62. The summed E-state index contributed by atoms with van der Waals surface area (Å²) in [5.74, 6) is 0.614. The van der Waals surface area contributed by atoms with Crippen LogP contribution in [0.2, 0.25) is 0 Å². The summed E-state index contributed by atoms with van der Waals surface area (Å²) < 4.78 is 7.01. The van der Waals surface area contributed by atoms with Gasteiger partial charge < -0.3 is 10.5 Å². The van der Waals surface area contributed by atoms with Crippen LogP contribution in [0.5, 0.6) is 6.01 Å². The summed E-state index contributed by atoms with van der Waals surface area (Å²) >= 11 is 0. The number of rotatable bonds is 4. The van der Waals surface area contributed by atoms with E-state index in [-0.39, 0.29) is 12.0 Å². The van der Waals surface area contributed by atoms with Gasteiger partial charge in [0.1, 0.15) is 5.69 Å². The second kappa shape index (κ2) is 4.77. The van der Waals surface area contributed by atoms with Crippen LogP contribution in [0.15, 0.2) is 12.3 Å². The Bertz CT molecular complexity index is 509. The molecule has 0 aromatic carbocycles. The van der Waals surface area contributed by atoms with Crippen LogP contribution in [-0.2, 0) is 6.54 Å². The van der Waals surface area contributed by atoms with Gasteiger partial charge in [0.2, 0.25) is 5.95 Å². The summed E-state index contributed by atoms with van der Waals surface area (Å²) in [5.41, 5.74) is 6.41. The molecule has 0 bridgehead atoms. The van der Waals surface area contributed by atoms with E-state index in [9.17, 15) is 0 Å². The van der Waals surface area contributed by atoms with Crippen molar-refractivity contribution in [3.63, 3.8) is 0 Å². The highest BCUT2D eigenvalue weighted by atomic mass is 16.5. The van der Waals surface area contributed by atoms with E-state index in [0.717, 1.165) is 12.2 Å². The van der Waals surface area contributed by atoms with Gasteiger partial charge in [0, 0.05) is 12.7 Å². The van der Waals surface area contributed by atoms with Gasteiger partial charge in [-0.05, 0) is 19.9 Å². The molecular formula is C10H14N6O. The molecule has 0 aliphatic rings. The fourth-order valence-electron chi connectivity index (χ4n) is 1.45. The predicted molar refractivity (Wildman–Crippen MR) is 62.3 cm³/mol. The Morgan fingerprint density at radius 3 is 2.82 bits per heavy atom. The maximum Gasteiger partial charge on any atom is 0.321 e. The van der Waals surface area contributed by atoms with Gasteiger partial charge in [-0.15, -0.1) is 0 Å². The molecule has 2 N–H and O–H groups in total. The Morgan fingerprint density at radius 2 is 2.12 bits per heavy atom. The molecule has 0 aliphatic heterocycles. The zero-order valence-corrected chi connectivity index (χ0v) is 9.79. The van der Waals surface area contributed by atoms with E-state index in [0.29, 0.717) is 12.4 Å². The number of nitrogens with zero attached hydrogens (tertiary/aromatic N) is 5. The molecule has 0 unspecified atom stereocenters. The molecule has 0 radical (unpaired) electrons. The maximum atomic E-state index is 5.62. The molecule has 0 atom stereocenters. The van der Waals surface area contributed by atoms with Gasteiger partial charge in [-0.1, -0.05) is 0 Å². The van der Waals surface area contributed by atoms with Gasteiger partial charge in [-0.3, -0.25) is 4.68 Å². The first-order valence-electron chi connectivity index (χ1n) is 5.41. The van der Waals surface area contributed by atoms with Crippen molar-refractivity contribution in [2.24, 2.45) is 0 Å². The van der Waals surface area contributed by atoms with Crippen molar-refractivity contribution in [2.75, 3.05) is 12.3 Å². The summed E-state index contributed by atoms with van der Waals surface area (Å²) in [5, 5.41) is 4.15. The monoisotopic (exact) mass is 234 g/mol. The van der Waals surface area contributed by atoms with Gasteiger partial charge in [0.15, 0.2) is 5.82 Å². The number of aryl methyl sites for hydroxylation is 1. The lowest BCUT2D eigenvalue weighted by atomic mass is 10.4. The molecule has 0 fully saturated rings. The van der Waals surface area contributed by atoms with Gasteiger partial charge >= 0.3 is 6.01 Å². The van der Waals surface area contributed by atoms with Crippen LogP contribution in [-0.4, -0.2) is 31.3 Å². The van der Waals surface area contributed by atoms with E-state index in [1.165, 1.54) is 0 Å². The summed E-state index contributed by atoms with van der Waals surface area (Å²) in [6, 6.07) is 2.06. The van der Waals surface area contributed by atoms with Crippen LogP contribution in [0.4, 0.5) is 5.95 Å². The minimum atomic E-state index is 0.141. The minimum Gasteiger partial charge on any atom is -0.464 e. The smallest absolute Gasteiger partial charge is 0.321 e. The van der Waals surface area contributed by atoms with Gasteiger partial charge in [-0.25, -0.2) is 0 Å². The number of anilines is 1. The third-order valence-electron chi connectivity index (χ3n) is 2.15. The van der Waals surface area contributed by atoms with Crippen molar-refractivity contribution in [3.8, 4) is 17.5 Å². The van der Waals surface area contributed by atoms with Crippen LogP contribution >= 0.6 is 0 Å². The molecule has 7 heteroatoms. The average Bonchev–Trinajstić information content (AvgIpc) is 2.76. The van der Waals surface area contributed by atoms with Crippen molar-refractivity contribution < 1.29 is 4.74 Å². The number of nitrogen functional groups attached to an aromatic ring is 1. The number of ether oxygens (including phenoxy) is 1. The van der Waals surface area contributed by atoms with Crippen LogP contribution < -0.4 is 10.5 Å². The fourth-order valence-corrected chi connectivity index (χ4v) is 1.45. The average molecular weight is 234 g/mol. The van der Waals surface area contributed by atoms with E-state index in [4.69, 9.17) is 10.5 Å². The molecule has 2 aromatic heterocycles. The van der Waals surface area contributed by atoms with Crippen molar-refractivity contribution in [1.82, 2.24) is 24.7 Å². The molecule has 0 amide bonds. The highest BCUT2D eigenvalue weighted by molar-refractivity contribution is 5.50. The number of aromatic nitrogens is 5. The quantitative estimate of drug-likeness (QED) is 0.838. The second-order valence-corrected chi connectivity index (χ2v) is 3.27. The normalized spacial score (nSPS) is 10.5. The van der Waals surface area contributed by atoms with Gasteiger partial charge in [-0.2, -0.15) is 20.1 Å². The largest absolute Gasteiger partial charge is 0.464 e. The Labute approximate surface area is 98.7 Å². The molecule has 0 saturated carbocycles. The first-order valence-corrected chi connectivity index (χ1v) is 5.41. The lowest BCUT2D eigenvalue weighted by Crippen LogP contribution is -2.07. The van der Waals surface area contributed by atoms with E-state index in [1.807, 2.05) is 19.9 Å². The molecular weight excluding hydrogens is 220 g/mol. The summed E-state index contributed by atoms with van der Waals surface area (Å²) in [6.45, 7) is 5.06. The Hall–Kier alpha value is -2.18. The fraction of sp³-hybridized carbons (Fsp3) is 0.400. The number of nitrogens with two attached hydrogens (primary N) is 1. The first-order chi connectivity index (χ1) is 8.24. The minimum absolute atomic E-state index is 0.141. The zero-order chi connectivity index (χ0) is 12.3. The summed E-state index contributed by atoms with van der Waals surface area (Å²) in [4.78, 5) is 12.2. The Kier molecular flexibility index (Phi) is 3.17.